The average molecular weight is 469 g/mol. The molecule has 2 heteroatoms. The Morgan fingerprint density at radius 2 is 1.18 bits per heavy atom. The van der Waals surface area contributed by atoms with Gasteiger partial charge in [-0.05, 0) is 0 Å². The van der Waals surface area contributed by atoms with Gasteiger partial charge in [0.25, 0.3) is 0 Å². The molecule has 5 rings (SSSR count). The molecule has 0 amide bonds. The Morgan fingerprint density at radius 3 is 1.67 bits per heavy atom. The minimum atomic E-state index is -2.37. The van der Waals surface area contributed by atoms with E-state index in [-0.39, 0.29) is 5.41 Å². The molecular formula is C31H33PS. The van der Waals surface area contributed by atoms with Crippen LogP contribution < -0.4 is 15.9 Å². The number of hydrogen-bond acceptors (Lipinski definition) is 1. The van der Waals surface area contributed by atoms with Crippen molar-refractivity contribution in [2.75, 3.05) is 5.75 Å². The maximum absolute atomic E-state index is 2.54. The molecule has 168 valence electrons. The Hall–Kier alpha value is -2.34. The van der Waals surface area contributed by atoms with Crippen molar-refractivity contribution in [3.8, 4) is 0 Å². The van der Waals surface area contributed by atoms with Crippen molar-refractivity contribution in [1.29, 1.82) is 0 Å². The van der Waals surface area contributed by atoms with Crippen LogP contribution in [0.1, 0.15) is 44.0 Å². The van der Waals surface area contributed by atoms with Crippen molar-refractivity contribution in [1.82, 2.24) is 0 Å². The molecule has 0 fully saturated rings. The van der Waals surface area contributed by atoms with E-state index < -0.39 is 7.26 Å². The third-order valence-electron chi connectivity index (χ3n) is 7.55. The molecule has 4 aromatic carbocycles. The van der Waals surface area contributed by atoms with Gasteiger partial charge in [0, 0.05) is 0 Å². The zero-order chi connectivity index (χ0) is 22.9. The minimum absolute atomic E-state index is 0.229. The molecule has 0 radical (unpaired) electrons. The Kier molecular flexibility index (Phi) is 6.21. The van der Waals surface area contributed by atoms with E-state index in [1.165, 1.54) is 44.1 Å². The van der Waals surface area contributed by atoms with E-state index in [4.69, 9.17) is 0 Å². The second-order valence-electron chi connectivity index (χ2n) is 9.87. The Labute approximate surface area is 203 Å². The number of thioether (sulfide) groups is 1. The predicted octanol–water partition coefficient (Wildman–Crippen LogP) is 7.25. The number of hydrogen-bond donors (Lipinski definition) is 0. The van der Waals surface area contributed by atoms with Crippen LogP contribution in [0.15, 0.2) is 114 Å². The fraction of sp³-hybridized carbons (Fsp3) is 0.226. The third kappa shape index (κ3) is 3.96. The van der Waals surface area contributed by atoms with Crippen LogP contribution >= 0.6 is 19.0 Å². The van der Waals surface area contributed by atoms with E-state index in [1.54, 1.807) is 0 Å². The Bertz CT molecular complexity index is 1120. The molecule has 0 saturated heterocycles. The van der Waals surface area contributed by atoms with Crippen molar-refractivity contribution in [3.05, 3.63) is 120 Å². The molecule has 0 saturated carbocycles. The summed E-state index contributed by atoms with van der Waals surface area (Å²) in [6.07, 6.45) is 1.24. The summed E-state index contributed by atoms with van der Waals surface area (Å²) in [6, 6.07) is 41.2. The number of rotatable bonds is 5. The molecule has 4 aromatic rings. The first kappa shape index (κ1) is 22.5. The zero-order valence-electron chi connectivity index (χ0n) is 19.8. The SMILES string of the molecule is CC(c1ccc2c(c1)C(C)(C)CCS2)[PH](c1ccccc1)(c1ccccc1)c1ccccc1. The van der Waals surface area contributed by atoms with Gasteiger partial charge in [-0.1, -0.05) is 0 Å². The summed E-state index contributed by atoms with van der Waals surface area (Å²) < 4.78 is 0. The zero-order valence-corrected chi connectivity index (χ0v) is 21.6. The van der Waals surface area contributed by atoms with Crippen LogP contribution in [-0.2, 0) is 5.41 Å². The molecule has 1 aliphatic rings. The van der Waals surface area contributed by atoms with E-state index >= 15 is 0 Å². The van der Waals surface area contributed by atoms with Crippen LogP contribution in [0.3, 0.4) is 0 Å². The molecule has 0 spiro atoms. The quantitative estimate of drug-likeness (QED) is 0.278. The first-order valence-corrected chi connectivity index (χ1v) is 15.0. The van der Waals surface area contributed by atoms with Gasteiger partial charge in [-0.15, -0.1) is 0 Å². The van der Waals surface area contributed by atoms with Gasteiger partial charge >= 0.3 is 204 Å². The topological polar surface area (TPSA) is 0 Å². The van der Waals surface area contributed by atoms with E-state index in [0.717, 1.165) is 0 Å². The first-order chi connectivity index (χ1) is 16.0. The van der Waals surface area contributed by atoms with Gasteiger partial charge < -0.3 is 0 Å². The number of benzene rings is 4. The van der Waals surface area contributed by atoms with Gasteiger partial charge in [0.2, 0.25) is 0 Å². The molecular weight excluding hydrogens is 435 g/mol. The summed E-state index contributed by atoms with van der Waals surface area (Å²) in [7, 11) is -2.37. The molecule has 1 heterocycles. The van der Waals surface area contributed by atoms with E-state index in [9.17, 15) is 0 Å². The monoisotopic (exact) mass is 468 g/mol. The van der Waals surface area contributed by atoms with Crippen molar-refractivity contribution in [2.45, 2.75) is 43.2 Å². The van der Waals surface area contributed by atoms with Gasteiger partial charge in [0.15, 0.2) is 0 Å². The second-order valence-corrected chi connectivity index (χ2v) is 15.2. The number of fused-ring (bicyclic) bond motifs is 1. The van der Waals surface area contributed by atoms with Crippen molar-refractivity contribution in [3.63, 3.8) is 0 Å². The fourth-order valence-corrected chi connectivity index (χ4v) is 12.4. The first-order valence-electron chi connectivity index (χ1n) is 12.0. The molecule has 0 bridgehead atoms. The summed E-state index contributed by atoms with van der Waals surface area (Å²) in [5.41, 5.74) is 3.61. The van der Waals surface area contributed by atoms with Crippen LogP contribution in [0.4, 0.5) is 0 Å². The average Bonchev–Trinajstić information content (AvgIpc) is 2.86. The fourth-order valence-electron chi connectivity index (χ4n) is 5.63. The van der Waals surface area contributed by atoms with Crippen LogP contribution in [-0.4, -0.2) is 5.75 Å². The normalized spacial score (nSPS) is 16.6. The molecule has 1 unspecified atom stereocenters. The third-order valence-corrected chi connectivity index (χ3v) is 14.0. The molecule has 1 atom stereocenters. The van der Waals surface area contributed by atoms with E-state index in [2.05, 4.69) is 130 Å². The standard InChI is InChI=1S/C31H33PS/c1-24(25-19-20-30-29(23-25)31(2,3)21-22-33-30)32(26-13-7-4-8-14-26,27-15-9-5-10-16-27)28-17-11-6-12-18-28/h4-20,23-24,32H,21-22H2,1-3H3. The van der Waals surface area contributed by atoms with Gasteiger partial charge in [0.05, 0.1) is 0 Å². The van der Waals surface area contributed by atoms with Crippen molar-refractivity contribution in [2.24, 2.45) is 0 Å². The molecule has 0 N–H and O–H groups in total. The van der Waals surface area contributed by atoms with Crippen LogP contribution in [0, 0.1) is 0 Å². The van der Waals surface area contributed by atoms with Crippen LogP contribution in [0.5, 0.6) is 0 Å². The molecule has 1 aliphatic heterocycles. The molecule has 33 heavy (non-hydrogen) atoms. The summed E-state index contributed by atoms with van der Waals surface area (Å²) in [5, 5.41) is 4.42. The molecule has 0 aromatic heterocycles. The Balaban J connectivity index is 1.78. The van der Waals surface area contributed by atoms with E-state index in [0.29, 0.717) is 5.66 Å². The summed E-state index contributed by atoms with van der Waals surface area (Å²) >= 11 is 2.02. The van der Waals surface area contributed by atoms with Crippen molar-refractivity contribution >= 4 is 34.9 Å². The van der Waals surface area contributed by atoms with Crippen molar-refractivity contribution < 1.29 is 0 Å². The summed E-state index contributed by atoms with van der Waals surface area (Å²) in [5.74, 6) is 1.21. The van der Waals surface area contributed by atoms with Gasteiger partial charge in [-0.3, -0.25) is 0 Å². The maximum atomic E-state index is 2.54. The summed E-state index contributed by atoms with van der Waals surface area (Å²) in [6.45, 7) is 7.30. The van der Waals surface area contributed by atoms with Gasteiger partial charge in [-0.2, -0.15) is 0 Å². The summed E-state index contributed by atoms with van der Waals surface area (Å²) in [4.78, 5) is 1.47. The predicted molar refractivity (Wildman–Crippen MR) is 150 cm³/mol. The Morgan fingerprint density at radius 1 is 0.697 bits per heavy atom. The van der Waals surface area contributed by atoms with Crippen LogP contribution in [0.2, 0.25) is 0 Å². The molecule has 0 nitrogen and oxygen atoms in total. The molecule has 0 aliphatic carbocycles. The van der Waals surface area contributed by atoms with Crippen LogP contribution in [0.25, 0.3) is 0 Å². The van der Waals surface area contributed by atoms with E-state index in [1.807, 2.05) is 11.8 Å². The van der Waals surface area contributed by atoms with Gasteiger partial charge in [-0.25, -0.2) is 0 Å². The van der Waals surface area contributed by atoms with Gasteiger partial charge in [0.1, 0.15) is 0 Å². The second kappa shape index (κ2) is 9.13.